The van der Waals surface area contributed by atoms with Crippen LogP contribution in [0, 0.1) is 0 Å². The van der Waals surface area contributed by atoms with Crippen LogP contribution in [-0.4, -0.2) is 37.1 Å². The number of phenols is 1. The average molecular weight is 409 g/mol. The summed E-state index contributed by atoms with van der Waals surface area (Å²) in [6.45, 7) is 1.14. The number of aliphatic imine (C=N–C) groups is 1. The third-order valence-corrected chi connectivity index (χ3v) is 6.25. The van der Waals surface area contributed by atoms with Crippen LogP contribution in [-0.2, 0) is 10.0 Å². The van der Waals surface area contributed by atoms with Crippen molar-refractivity contribution in [3.05, 3.63) is 52.5 Å². The highest BCUT2D eigenvalue weighted by Gasteiger charge is 2.27. The highest BCUT2D eigenvalue weighted by Crippen LogP contribution is 2.25. The maximum atomic E-state index is 12.6. The zero-order chi connectivity index (χ0) is 17.2. The molecule has 0 radical (unpaired) electrons. The third-order valence-electron chi connectivity index (χ3n) is 3.86. The van der Waals surface area contributed by atoms with Crippen LogP contribution in [0.1, 0.15) is 18.4 Å². The highest BCUT2D eigenvalue weighted by atomic mass is 79.9. The fourth-order valence-electron chi connectivity index (χ4n) is 2.57. The molecule has 1 heterocycles. The van der Waals surface area contributed by atoms with Gasteiger partial charge in [-0.1, -0.05) is 22.0 Å². The van der Waals surface area contributed by atoms with Crippen molar-refractivity contribution in [2.45, 2.75) is 17.7 Å². The molecule has 24 heavy (non-hydrogen) atoms. The zero-order valence-electron chi connectivity index (χ0n) is 12.9. The van der Waals surface area contributed by atoms with Gasteiger partial charge in [-0.25, -0.2) is 8.42 Å². The number of rotatable bonds is 4. The van der Waals surface area contributed by atoms with E-state index < -0.39 is 10.0 Å². The molecule has 1 saturated heterocycles. The molecule has 7 heteroatoms. The largest absolute Gasteiger partial charge is 0.507 e. The smallest absolute Gasteiger partial charge is 0.243 e. The molecular weight excluding hydrogens is 392 g/mol. The zero-order valence-corrected chi connectivity index (χ0v) is 15.3. The van der Waals surface area contributed by atoms with E-state index in [0.29, 0.717) is 24.3 Å². The number of hydrogen-bond acceptors (Lipinski definition) is 4. The molecule has 2 aromatic carbocycles. The SMILES string of the molecule is O=S(=O)(c1cccc(N=Cc2cc(Br)ccc2O)c1)N1CCCC1. The molecule has 1 N–H and O–H groups in total. The van der Waals surface area contributed by atoms with Gasteiger partial charge in [-0.15, -0.1) is 0 Å². The Labute approximate surface area is 149 Å². The van der Waals surface area contributed by atoms with E-state index in [1.54, 1.807) is 42.5 Å². The van der Waals surface area contributed by atoms with Crippen LogP contribution in [0.3, 0.4) is 0 Å². The standard InChI is InChI=1S/C17H17BrN2O3S/c18-14-6-7-17(21)13(10-14)12-19-15-4-3-5-16(11-15)24(22,23)20-8-1-2-9-20/h3-7,10-12,21H,1-2,8-9H2. The summed E-state index contributed by atoms with van der Waals surface area (Å²) in [5, 5.41) is 9.83. The van der Waals surface area contributed by atoms with Crippen LogP contribution in [0.4, 0.5) is 5.69 Å². The van der Waals surface area contributed by atoms with Crippen LogP contribution in [0.15, 0.2) is 56.8 Å². The Balaban J connectivity index is 1.88. The van der Waals surface area contributed by atoms with Crippen LogP contribution >= 0.6 is 15.9 Å². The van der Waals surface area contributed by atoms with Gasteiger partial charge in [-0.2, -0.15) is 4.31 Å². The monoisotopic (exact) mass is 408 g/mol. The first kappa shape index (κ1) is 17.1. The van der Waals surface area contributed by atoms with Gasteiger partial charge in [-0.3, -0.25) is 4.99 Å². The topological polar surface area (TPSA) is 70.0 Å². The molecule has 0 atom stereocenters. The van der Waals surface area contributed by atoms with Gasteiger partial charge in [0.1, 0.15) is 5.75 Å². The van der Waals surface area contributed by atoms with E-state index in [-0.39, 0.29) is 10.6 Å². The lowest BCUT2D eigenvalue weighted by Gasteiger charge is -2.15. The molecule has 0 bridgehead atoms. The summed E-state index contributed by atoms with van der Waals surface area (Å²) in [4.78, 5) is 4.54. The van der Waals surface area contributed by atoms with Crippen LogP contribution < -0.4 is 0 Å². The number of nitrogens with zero attached hydrogens (tertiary/aromatic N) is 2. The molecule has 0 unspecified atom stereocenters. The molecule has 5 nitrogen and oxygen atoms in total. The van der Waals surface area contributed by atoms with E-state index >= 15 is 0 Å². The molecule has 126 valence electrons. The van der Waals surface area contributed by atoms with E-state index in [4.69, 9.17) is 0 Å². The minimum absolute atomic E-state index is 0.114. The molecule has 1 aliphatic heterocycles. The number of halogens is 1. The lowest BCUT2D eigenvalue weighted by Crippen LogP contribution is -2.27. The summed E-state index contributed by atoms with van der Waals surface area (Å²) in [6.07, 6.45) is 3.32. The predicted octanol–water partition coefficient (Wildman–Crippen LogP) is 3.69. The molecule has 1 fully saturated rings. The van der Waals surface area contributed by atoms with Gasteiger partial charge in [0.25, 0.3) is 0 Å². The van der Waals surface area contributed by atoms with E-state index in [9.17, 15) is 13.5 Å². The maximum absolute atomic E-state index is 12.6. The second kappa shape index (κ2) is 7.04. The van der Waals surface area contributed by atoms with Crippen molar-refractivity contribution in [3.63, 3.8) is 0 Å². The Kier molecular flexibility index (Phi) is 5.03. The van der Waals surface area contributed by atoms with Crippen molar-refractivity contribution in [1.29, 1.82) is 0 Å². The van der Waals surface area contributed by atoms with Crippen molar-refractivity contribution in [1.82, 2.24) is 4.31 Å². The Hall–Kier alpha value is -1.70. The number of phenolic OH excluding ortho intramolecular Hbond substituents is 1. The Bertz CT molecular complexity index is 875. The van der Waals surface area contributed by atoms with E-state index in [2.05, 4.69) is 20.9 Å². The van der Waals surface area contributed by atoms with Crippen molar-refractivity contribution >= 4 is 37.9 Å². The Morgan fingerprint density at radius 1 is 1.12 bits per heavy atom. The van der Waals surface area contributed by atoms with Gasteiger partial charge in [0.05, 0.1) is 10.6 Å². The van der Waals surface area contributed by atoms with Crippen LogP contribution in [0.2, 0.25) is 0 Å². The maximum Gasteiger partial charge on any atom is 0.243 e. The van der Waals surface area contributed by atoms with Crippen LogP contribution in [0.5, 0.6) is 5.75 Å². The number of hydrogen-bond donors (Lipinski definition) is 1. The quantitative estimate of drug-likeness (QED) is 0.784. The number of benzene rings is 2. The minimum Gasteiger partial charge on any atom is -0.507 e. The van der Waals surface area contributed by atoms with Gasteiger partial charge in [0.2, 0.25) is 10.0 Å². The summed E-state index contributed by atoms with van der Waals surface area (Å²) in [5.41, 5.74) is 1.08. The molecule has 0 saturated carbocycles. The van der Waals surface area contributed by atoms with Crippen molar-refractivity contribution in [3.8, 4) is 5.75 Å². The van der Waals surface area contributed by atoms with E-state index in [1.165, 1.54) is 10.5 Å². The Morgan fingerprint density at radius 2 is 1.88 bits per heavy atom. The Morgan fingerprint density at radius 3 is 2.62 bits per heavy atom. The summed E-state index contributed by atoms with van der Waals surface area (Å²) >= 11 is 3.34. The first-order valence-electron chi connectivity index (χ1n) is 7.59. The number of aromatic hydroxyl groups is 1. The van der Waals surface area contributed by atoms with Crippen molar-refractivity contribution in [2.75, 3.05) is 13.1 Å². The summed E-state index contributed by atoms with van der Waals surface area (Å²) in [6, 6.07) is 11.6. The van der Waals surface area contributed by atoms with Crippen molar-refractivity contribution in [2.24, 2.45) is 4.99 Å². The van der Waals surface area contributed by atoms with Gasteiger partial charge in [0, 0.05) is 29.3 Å². The lowest BCUT2D eigenvalue weighted by molar-refractivity contribution is 0.474. The summed E-state index contributed by atoms with van der Waals surface area (Å²) < 4.78 is 27.5. The minimum atomic E-state index is -3.46. The average Bonchev–Trinajstić information content (AvgIpc) is 3.11. The molecule has 3 rings (SSSR count). The van der Waals surface area contributed by atoms with E-state index in [0.717, 1.165) is 17.3 Å². The molecule has 0 spiro atoms. The van der Waals surface area contributed by atoms with Gasteiger partial charge in [-0.05, 0) is 49.2 Å². The lowest BCUT2D eigenvalue weighted by atomic mass is 10.2. The van der Waals surface area contributed by atoms with E-state index in [1.807, 2.05) is 0 Å². The second-order valence-corrected chi connectivity index (χ2v) is 8.42. The first-order chi connectivity index (χ1) is 11.5. The van der Waals surface area contributed by atoms with Gasteiger partial charge < -0.3 is 5.11 Å². The van der Waals surface area contributed by atoms with Gasteiger partial charge >= 0.3 is 0 Å². The van der Waals surface area contributed by atoms with Crippen molar-refractivity contribution < 1.29 is 13.5 Å². The summed E-state index contributed by atoms with van der Waals surface area (Å²) in [7, 11) is -3.46. The molecule has 1 aliphatic rings. The second-order valence-electron chi connectivity index (χ2n) is 5.57. The summed E-state index contributed by atoms with van der Waals surface area (Å²) in [5.74, 6) is 0.114. The third kappa shape index (κ3) is 3.68. The molecule has 2 aromatic rings. The normalized spacial score (nSPS) is 16.0. The molecule has 0 aliphatic carbocycles. The molecular formula is C17H17BrN2O3S. The highest BCUT2D eigenvalue weighted by molar-refractivity contribution is 9.10. The fourth-order valence-corrected chi connectivity index (χ4v) is 4.51. The first-order valence-corrected chi connectivity index (χ1v) is 9.83. The number of sulfonamides is 1. The van der Waals surface area contributed by atoms with Crippen LogP contribution in [0.25, 0.3) is 0 Å². The predicted molar refractivity (Wildman–Crippen MR) is 97.5 cm³/mol. The van der Waals surface area contributed by atoms with Gasteiger partial charge in [0.15, 0.2) is 0 Å². The molecule has 0 aromatic heterocycles. The molecule has 0 amide bonds. The fraction of sp³-hybridized carbons (Fsp3) is 0.235.